The summed E-state index contributed by atoms with van der Waals surface area (Å²) in [6.07, 6.45) is 3.99. The van der Waals surface area contributed by atoms with Crippen molar-refractivity contribution in [2.24, 2.45) is 7.05 Å². The van der Waals surface area contributed by atoms with Gasteiger partial charge in [-0.25, -0.2) is 9.97 Å². The summed E-state index contributed by atoms with van der Waals surface area (Å²) in [4.78, 5) is 25.4. The molecule has 0 aromatic carbocycles. The highest BCUT2D eigenvalue weighted by Crippen LogP contribution is 2.23. The summed E-state index contributed by atoms with van der Waals surface area (Å²) in [7, 11) is 5.62. The summed E-state index contributed by atoms with van der Waals surface area (Å²) in [5.74, 6) is 0.630. The molecule has 1 amide bonds. The molecule has 25 heavy (non-hydrogen) atoms. The molecule has 0 bridgehead atoms. The molecule has 0 aliphatic carbocycles. The number of ether oxygens (including phenoxy) is 1. The van der Waals surface area contributed by atoms with Crippen molar-refractivity contribution >= 4 is 11.9 Å². The molecule has 1 atom stereocenters. The SMILES string of the molecule is CCc1nn(C)cc1C(=O)N1CCO[C@@H](c2ccnc(N(C)C)n2)C1. The minimum absolute atomic E-state index is 0.000129. The van der Waals surface area contributed by atoms with Gasteiger partial charge in [0.15, 0.2) is 0 Å². The largest absolute Gasteiger partial charge is 0.368 e. The Labute approximate surface area is 147 Å². The Bertz CT molecular complexity index is 757. The zero-order valence-electron chi connectivity index (χ0n) is 15.1. The number of rotatable bonds is 4. The van der Waals surface area contributed by atoms with Crippen LogP contribution < -0.4 is 4.90 Å². The third-order valence-electron chi connectivity index (χ3n) is 4.22. The highest BCUT2D eigenvalue weighted by atomic mass is 16.5. The van der Waals surface area contributed by atoms with E-state index in [2.05, 4.69) is 15.1 Å². The van der Waals surface area contributed by atoms with Gasteiger partial charge >= 0.3 is 0 Å². The van der Waals surface area contributed by atoms with Crippen molar-refractivity contribution in [1.29, 1.82) is 0 Å². The Morgan fingerprint density at radius 3 is 2.96 bits per heavy atom. The summed E-state index contributed by atoms with van der Waals surface area (Å²) in [6.45, 7) is 3.53. The molecule has 1 aliphatic rings. The summed E-state index contributed by atoms with van der Waals surface area (Å²) >= 11 is 0. The quantitative estimate of drug-likeness (QED) is 0.825. The van der Waals surface area contributed by atoms with Crippen molar-refractivity contribution in [1.82, 2.24) is 24.6 Å². The number of hydrogen-bond acceptors (Lipinski definition) is 6. The molecule has 3 heterocycles. The number of nitrogens with zero attached hydrogens (tertiary/aromatic N) is 6. The molecule has 0 unspecified atom stereocenters. The van der Waals surface area contributed by atoms with Crippen LogP contribution in [-0.4, -0.2) is 64.3 Å². The molecular formula is C17H24N6O2. The first-order valence-corrected chi connectivity index (χ1v) is 8.43. The normalized spacial score (nSPS) is 17.6. The molecule has 1 aliphatic heterocycles. The Kier molecular flexibility index (Phi) is 4.98. The maximum atomic E-state index is 12.9. The molecule has 3 rings (SSSR count). The molecule has 2 aromatic rings. The average Bonchev–Trinajstić information content (AvgIpc) is 3.02. The number of amides is 1. The van der Waals surface area contributed by atoms with Crippen molar-refractivity contribution in [2.75, 3.05) is 38.7 Å². The van der Waals surface area contributed by atoms with Crippen LogP contribution in [-0.2, 0) is 18.2 Å². The predicted octanol–water partition coefficient (Wildman–Crippen LogP) is 1.05. The lowest BCUT2D eigenvalue weighted by Gasteiger charge is -2.32. The monoisotopic (exact) mass is 344 g/mol. The van der Waals surface area contributed by atoms with E-state index in [4.69, 9.17) is 4.74 Å². The van der Waals surface area contributed by atoms with Crippen molar-refractivity contribution in [3.05, 3.63) is 35.4 Å². The Morgan fingerprint density at radius 2 is 2.24 bits per heavy atom. The van der Waals surface area contributed by atoms with Gasteiger partial charge in [-0.1, -0.05) is 6.92 Å². The Morgan fingerprint density at radius 1 is 1.44 bits per heavy atom. The second-order valence-corrected chi connectivity index (χ2v) is 6.30. The van der Waals surface area contributed by atoms with Crippen molar-refractivity contribution < 1.29 is 9.53 Å². The fraction of sp³-hybridized carbons (Fsp3) is 0.529. The summed E-state index contributed by atoms with van der Waals surface area (Å²) in [5.41, 5.74) is 2.29. The lowest BCUT2D eigenvalue weighted by molar-refractivity contribution is -0.0247. The van der Waals surface area contributed by atoms with Crippen molar-refractivity contribution in [3.63, 3.8) is 0 Å². The first kappa shape index (κ1) is 17.3. The van der Waals surface area contributed by atoms with E-state index >= 15 is 0 Å². The second kappa shape index (κ2) is 7.18. The second-order valence-electron chi connectivity index (χ2n) is 6.30. The number of morpholine rings is 1. The van der Waals surface area contributed by atoms with Crippen LogP contribution in [0.2, 0.25) is 0 Å². The molecule has 0 saturated carbocycles. The van der Waals surface area contributed by atoms with Crippen LogP contribution >= 0.6 is 0 Å². The van der Waals surface area contributed by atoms with Gasteiger partial charge in [-0.15, -0.1) is 0 Å². The molecule has 8 heteroatoms. The molecule has 134 valence electrons. The van der Waals surface area contributed by atoms with E-state index in [1.807, 2.05) is 43.9 Å². The van der Waals surface area contributed by atoms with Gasteiger partial charge in [0.1, 0.15) is 6.10 Å². The third kappa shape index (κ3) is 3.63. The minimum atomic E-state index is -0.249. The van der Waals surface area contributed by atoms with Crippen LogP contribution in [0.5, 0.6) is 0 Å². The molecule has 2 aromatic heterocycles. The zero-order chi connectivity index (χ0) is 18.0. The van der Waals surface area contributed by atoms with E-state index in [1.54, 1.807) is 17.1 Å². The van der Waals surface area contributed by atoms with Crippen LogP contribution in [0.4, 0.5) is 5.95 Å². The maximum absolute atomic E-state index is 12.9. The van der Waals surface area contributed by atoms with Crippen LogP contribution in [0, 0.1) is 0 Å². The van der Waals surface area contributed by atoms with Gasteiger partial charge in [0, 0.05) is 40.1 Å². The number of hydrogen-bond donors (Lipinski definition) is 0. The smallest absolute Gasteiger partial charge is 0.257 e. The van der Waals surface area contributed by atoms with Gasteiger partial charge in [0.25, 0.3) is 5.91 Å². The molecule has 0 radical (unpaired) electrons. The number of anilines is 1. The molecule has 1 fully saturated rings. The number of carbonyl (C=O) groups is 1. The summed E-state index contributed by atoms with van der Waals surface area (Å²) in [6, 6.07) is 1.84. The van der Waals surface area contributed by atoms with Gasteiger partial charge in [-0.05, 0) is 12.5 Å². The molecule has 0 N–H and O–H groups in total. The predicted molar refractivity (Wildman–Crippen MR) is 93.5 cm³/mol. The standard InChI is InChI=1S/C17H24N6O2/c1-5-13-12(10-22(4)20-13)16(24)23-8-9-25-15(11-23)14-6-7-18-17(19-14)21(2)3/h6-7,10,15H,5,8-9,11H2,1-4H3/t15-/m1/s1. The zero-order valence-corrected chi connectivity index (χ0v) is 15.1. The lowest BCUT2D eigenvalue weighted by atomic mass is 10.1. The fourth-order valence-corrected chi connectivity index (χ4v) is 2.91. The summed E-state index contributed by atoms with van der Waals surface area (Å²) in [5, 5.41) is 4.37. The first-order chi connectivity index (χ1) is 12.0. The van der Waals surface area contributed by atoms with E-state index in [-0.39, 0.29) is 12.0 Å². The fourth-order valence-electron chi connectivity index (χ4n) is 2.91. The summed E-state index contributed by atoms with van der Waals surface area (Å²) < 4.78 is 7.55. The molecular weight excluding hydrogens is 320 g/mol. The van der Waals surface area contributed by atoms with E-state index in [0.717, 1.165) is 17.8 Å². The van der Waals surface area contributed by atoms with Crippen LogP contribution in [0.1, 0.15) is 34.8 Å². The topological polar surface area (TPSA) is 76.4 Å². The van der Waals surface area contributed by atoms with Crippen LogP contribution in [0.3, 0.4) is 0 Å². The number of aryl methyl sites for hydroxylation is 2. The van der Waals surface area contributed by atoms with Gasteiger partial charge in [0.05, 0.1) is 30.1 Å². The van der Waals surface area contributed by atoms with Gasteiger partial charge in [0.2, 0.25) is 5.95 Å². The van der Waals surface area contributed by atoms with E-state index in [1.165, 1.54) is 0 Å². The van der Waals surface area contributed by atoms with Gasteiger partial charge < -0.3 is 14.5 Å². The minimum Gasteiger partial charge on any atom is -0.368 e. The lowest BCUT2D eigenvalue weighted by Crippen LogP contribution is -2.42. The first-order valence-electron chi connectivity index (χ1n) is 8.43. The molecule has 0 spiro atoms. The van der Waals surface area contributed by atoms with Crippen LogP contribution in [0.25, 0.3) is 0 Å². The van der Waals surface area contributed by atoms with E-state index < -0.39 is 0 Å². The molecule has 8 nitrogen and oxygen atoms in total. The maximum Gasteiger partial charge on any atom is 0.257 e. The number of carbonyl (C=O) groups excluding carboxylic acids is 1. The van der Waals surface area contributed by atoms with E-state index in [9.17, 15) is 4.79 Å². The number of aromatic nitrogens is 4. The van der Waals surface area contributed by atoms with Crippen molar-refractivity contribution in [2.45, 2.75) is 19.4 Å². The average molecular weight is 344 g/mol. The van der Waals surface area contributed by atoms with Crippen LogP contribution in [0.15, 0.2) is 18.5 Å². The third-order valence-corrected chi connectivity index (χ3v) is 4.22. The Hall–Kier alpha value is -2.48. The highest BCUT2D eigenvalue weighted by molar-refractivity contribution is 5.95. The molecule has 1 saturated heterocycles. The Balaban J connectivity index is 1.79. The van der Waals surface area contributed by atoms with Gasteiger partial charge in [-0.3, -0.25) is 9.48 Å². The van der Waals surface area contributed by atoms with Gasteiger partial charge in [-0.2, -0.15) is 5.10 Å². The van der Waals surface area contributed by atoms with E-state index in [0.29, 0.717) is 31.2 Å². The van der Waals surface area contributed by atoms with Crippen molar-refractivity contribution in [3.8, 4) is 0 Å². The highest BCUT2D eigenvalue weighted by Gasteiger charge is 2.29.